The number of fused-ring (bicyclic) bond motifs is 6. The zero-order chi connectivity index (χ0) is 29.3. The van der Waals surface area contributed by atoms with Crippen LogP contribution in [0.15, 0.2) is 73.1 Å². The molecule has 0 spiro atoms. The number of benzene rings is 3. The molecule has 4 aromatic heterocycles. The van der Waals surface area contributed by atoms with Gasteiger partial charge in [0.1, 0.15) is 17.4 Å². The van der Waals surface area contributed by atoms with E-state index in [9.17, 15) is 5.26 Å². The van der Waals surface area contributed by atoms with Gasteiger partial charge in [0.05, 0.1) is 30.2 Å². The van der Waals surface area contributed by atoms with Crippen LogP contribution in [-0.2, 0) is 0 Å². The van der Waals surface area contributed by atoms with Crippen LogP contribution in [0.4, 0.5) is 23.0 Å². The largest absolute Gasteiger partial charge is 0.312 e. The normalized spacial score (nSPS) is 11.4. The standard InChI is InChI=1S/C35H27N7/c1-20-15-21(2)33(22(3)16-20)42(30-18-40-23(4)29(17-36)25-11-7-9-13-27(25)34(40)38-30)31-19-41-24(5)32(37-6)26-12-8-10-14-28(26)35(41)39-31/h7-16,18-19H,1-5H3. The van der Waals surface area contributed by atoms with Crippen molar-refractivity contribution >= 4 is 55.8 Å². The van der Waals surface area contributed by atoms with Crippen LogP contribution in [0.25, 0.3) is 37.7 Å². The smallest absolute Gasteiger partial charge is 0.214 e. The monoisotopic (exact) mass is 545 g/mol. The third-order valence-electron chi connectivity index (χ3n) is 8.21. The Bertz CT molecular complexity index is 2180. The van der Waals surface area contributed by atoms with E-state index >= 15 is 0 Å². The van der Waals surface area contributed by atoms with Gasteiger partial charge in [-0.3, -0.25) is 4.90 Å². The van der Waals surface area contributed by atoms with E-state index in [-0.39, 0.29) is 0 Å². The topological polar surface area (TPSA) is 66.0 Å². The first-order valence-electron chi connectivity index (χ1n) is 13.8. The first-order chi connectivity index (χ1) is 20.3. The van der Waals surface area contributed by atoms with E-state index in [2.05, 4.69) is 48.7 Å². The second kappa shape index (κ2) is 9.19. The maximum absolute atomic E-state index is 10.1. The third-order valence-corrected chi connectivity index (χ3v) is 8.21. The van der Waals surface area contributed by atoms with Crippen molar-refractivity contribution in [2.45, 2.75) is 34.6 Å². The Morgan fingerprint density at radius 2 is 1.24 bits per heavy atom. The number of aryl methyl sites for hydroxylation is 5. The molecule has 202 valence electrons. The van der Waals surface area contributed by atoms with Crippen molar-refractivity contribution in [3.8, 4) is 6.07 Å². The lowest BCUT2D eigenvalue weighted by atomic mass is 10.0. The highest BCUT2D eigenvalue weighted by Gasteiger charge is 2.25. The van der Waals surface area contributed by atoms with E-state index in [1.54, 1.807) is 0 Å². The minimum absolute atomic E-state index is 0.621. The minimum atomic E-state index is 0.621. The molecular weight excluding hydrogens is 518 g/mol. The molecule has 7 aromatic rings. The summed E-state index contributed by atoms with van der Waals surface area (Å²) in [7, 11) is 0. The number of hydrogen-bond donors (Lipinski definition) is 0. The molecular formula is C35H27N7. The van der Waals surface area contributed by atoms with Crippen molar-refractivity contribution in [1.29, 1.82) is 5.26 Å². The van der Waals surface area contributed by atoms with Crippen LogP contribution in [0.5, 0.6) is 0 Å². The Balaban J connectivity index is 1.59. The van der Waals surface area contributed by atoms with Crippen LogP contribution in [0.3, 0.4) is 0 Å². The molecule has 0 saturated carbocycles. The van der Waals surface area contributed by atoms with E-state index in [0.717, 1.165) is 61.0 Å². The maximum atomic E-state index is 10.1. The van der Waals surface area contributed by atoms with Gasteiger partial charge in [0.25, 0.3) is 0 Å². The molecule has 0 fully saturated rings. The fourth-order valence-corrected chi connectivity index (χ4v) is 6.40. The summed E-state index contributed by atoms with van der Waals surface area (Å²) < 4.78 is 4.02. The summed E-state index contributed by atoms with van der Waals surface area (Å²) in [6.07, 6.45) is 4.00. The lowest BCUT2D eigenvalue weighted by molar-refractivity contribution is 1.09. The van der Waals surface area contributed by atoms with Crippen LogP contribution >= 0.6 is 0 Å². The minimum Gasteiger partial charge on any atom is -0.312 e. The van der Waals surface area contributed by atoms with Crippen LogP contribution in [0.2, 0.25) is 0 Å². The highest BCUT2D eigenvalue weighted by atomic mass is 15.3. The molecule has 0 bridgehead atoms. The average molecular weight is 546 g/mol. The lowest BCUT2D eigenvalue weighted by Crippen LogP contribution is -2.14. The summed E-state index contributed by atoms with van der Waals surface area (Å²) >= 11 is 0. The Kier molecular flexibility index (Phi) is 5.54. The molecule has 0 aliphatic heterocycles. The molecule has 0 aliphatic carbocycles. The molecule has 4 heterocycles. The van der Waals surface area contributed by atoms with Crippen molar-refractivity contribution in [3.63, 3.8) is 0 Å². The third kappa shape index (κ3) is 3.51. The number of imidazole rings is 2. The van der Waals surface area contributed by atoms with Crippen molar-refractivity contribution in [2.75, 3.05) is 4.90 Å². The second-order valence-electron chi connectivity index (χ2n) is 10.9. The summed E-state index contributed by atoms with van der Waals surface area (Å²) in [5.74, 6) is 1.40. The highest BCUT2D eigenvalue weighted by molar-refractivity contribution is 6.04. The van der Waals surface area contributed by atoms with Crippen LogP contribution in [0.1, 0.15) is 33.6 Å². The van der Waals surface area contributed by atoms with E-state index in [1.807, 2.05) is 83.6 Å². The number of nitriles is 1. The molecule has 0 amide bonds. The van der Waals surface area contributed by atoms with Crippen molar-refractivity contribution in [1.82, 2.24) is 18.8 Å². The van der Waals surface area contributed by atoms with Crippen molar-refractivity contribution in [2.24, 2.45) is 0 Å². The molecule has 0 N–H and O–H groups in total. The number of pyridine rings is 2. The van der Waals surface area contributed by atoms with E-state index in [0.29, 0.717) is 22.9 Å². The first-order valence-corrected chi connectivity index (χ1v) is 13.8. The fourth-order valence-electron chi connectivity index (χ4n) is 6.40. The number of anilines is 3. The van der Waals surface area contributed by atoms with Gasteiger partial charge in [-0.1, -0.05) is 66.2 Å². The van der Waals surface area contributed by atoms with Crippen LogP contribution in [-0.4, -0.2) is 18.8 Å². The summed E-state index contributed by atoms with van der Waals surface area (Å²) in [5.41, 5.74) is 8.89. The zero-order valence-corrected chi connectivity index (χ0v) is 24.1. The Morgan fingerprint density at radius 1 is 0.738 bits per heavy atom. The molecule has 42 heavy (non-hydrogen) atoms. The molecule has 7 nitrogen and oxygen atoms in total. The second-order valence-corrected chi connectivity index (χ2v) is 10.9. The first kappa shape index (κ1) is 25.3. The van der Waals surface area contributed by atoms with Gasteiger partial charge in [-0.25, -0.2) is 14.8 Å². The van der Waals surface area contributed by atoms with Gasteiger partial charge < -0.3 is 8.80 Å². The van der Waals surface area contributed by atoms with Crippen molar-refractivity contribution < 1.29 is 0 Å². The molecule has 7 heteroatoms. The molecule has 0 aliphatic rings. The highest BCUT2D eigenvalue weighted by Crippen LogP contribution is 2.41. The average Bonchev–Trinajstić information content (AvgIpc) is 3.62. The molecule has 7 rings (SSSR count). The van der Waals surface area contributed by atoms with Gasteiger partial charge >= 0.3 is 0 Å². The molecule has 0 atom stereocenters. The van der Waals surface area contributed by atoms with Crippen LogP contribution in [0, 0.1) is 52.5 Å². The summed E-state index contributed by atoms with van der Waals surface area (Å²) in [5, 5.41) is 13.7. The predicted molar refractivity (Wildman–Crippen MR) is 168 cm³/mol. The SMILES string of the molecule is [C-]#[N+]c1c(C)n2cc(N(c3cn4c(C)c(C#N)c5ccccc5c4n3)c3c(C)cc(C)cc3C)nc2c2ccccc12. The summed E-state index contributed by atoms with van der Waals surface area (Å²) in [4.78, 5) is 16.4. The van der Waals surface area contributed by atoms with Gasteiger partial charge in [-0.05, 0) is 51.1 Å². The van der Waals surface area contributed by atoms with E-state index < -0.39 is 0 Å². The Labute approximate surface area is 243 Å². The predicted octanol–water partition coefficient (Wildman–Crippen LogP) is 8.72. The van der Waals surface area contributed by atoms with E-state index in [4.69, 9.17) is 16.5 Å². The molecule has 3 aromatic carbocycles. The summed E-state index contributed by atoms with van der Waals surface area (Å²) in [6.45, 7) is 18.2. The fraction of sp³-hybridized carbons (Fsp3) is 0.143. The number of hydrogen-bond acceptors (Lipinski definition) is 4. The molecule has 0 unspecified atom stereocenters. The number of rotatable bonds is 3. The van der Waals surface area contributed by atoms with Gasteiger partial charge in [0, 0.05) is 27.5 Å². The van der Waals surface area contributed by atoms with Crippen LogP contribution < -0.4 is 4.90 Å². The van der Waals surface area contributed by atoms with Gasteiger partial charge in [0.2, 0.25) is 5.69 Å². The van der Waals surface area contributed by atoms with Gasteiger partial charge in [0.15, 0.2) is 11.6 Å². The Morgan fingerprint density at radius 3 is 1.79 bits per heavy atom. The molecule has 0 saturated heterocycles. The van der Waals surface area contributed by atoms with Gasteiger partial charge in [-0.2, -0.15) is 5.26 Å². The zero-order valence-electron chi connectivity index (χ0n) is 24.1. The van der Waals surface area contributed by atoms with Gasteiger partial charge in [-0.15, -0.1) is 0 Å². The maximum Gasteiger partial charge on any atom is 0.214 e. The summed E-state index contributed by atoms with van der Waals surface area (Å²) in [6, 6.07) is 22.6. The number of aromatic nitrogens is 4. The Hall–Kier alpha value is -5.66. The quantitative estimate of drug-likeness (QED) is 0.208. The lowest BCUT2D eigenvalue weighted by Gasteiger charge is -2.24. The molecule has 0 radical (unpaired) electrons. The number of nitrogens with zero attached hydrogens (tertiary/aromatic N) is 7. The van der Waals surface area contributed by atoms with Crippen molar-refractivity contribution in [3.05, 3.63) is 118 Å². The van der Waals surface area contributed by atoms with E-state index in [1.165, 1.54) is 5.56 Å².